The lowest BCUT2D eigenvalue weighted by Gasteiger charge is -2.13. The van der Waals surface area contributed by atoms with Crippen molar-refractivity contribution in [1.29, 1.82) is 0 Å². The first-order chi connectivity index (χ1) is 20.5. The largest absolute Gasteiger partial charge is 0.379 e. The highest BCUT2D eigenvalue weighted by Gasteiger charge is 2.23. The molecule has 0 atom stereocenters. The molecule has 0 saturated heterocycles. The Morgan fingerprint density at radius 2 is 0.905 bits per heavy atom. The summed E-state index contributed by atoms with van der Waals surface area (Å²) in [6.07, 6.45) is 2.78. The van der Waals surface area contributed by atoms with Gasteiger partial charge in [-0.2, -0.15) is 0 Å². The van der Waals surface area contributed by atoms with Gasteiger partial charge < -0.3 is 48.5 Å². The van der Waals surface area contributed by atoms with Crippen molar-refractivity contribution in [3.05, 3.63) is 12.2 Å². The molecule has 0 aliphatic carbocycles. The molecule has 0 unspecified atom stereocenters. The van der Waals surface area contributed by atoms with E-state index < -0.39 is 11.8 Å². The van der Waals surface area contributed by atoms with Gasteiger partial charge in [-0.3, -0.25) is 24.1 Å². The number of nitrogens with one attached hydrogen (secondary N) is 2. The van der Waals surface area contributed by atoms with Crippen LogP contribution in [0.2, 0.25) is 0 Å². The molecule has 15 nitrogen and oxygen atoms in total. The number of nitrogens with zero attached hydrogens (tertiary/aromatic N) is 1. The molecule has 0 spiro atoms. The van der Waals surface area contributed by atoms with E-state index in [-0.39, 0.29) is 24.8 Å². The Bertz CT molecular complexity index is 751. The second kappa shape index (κ2) is 27.3. The number of hydrogen-bond acceptors (Lipinski definition) is 12. The van der Waals surface area contributed by atoms with Crippen LogP contribution in [0.1, 0.15) is 12.8 Å². The van der Waals surface area contributed by atoms with Crippen LogP contribution in [-0.4, -0.2) is 154 Å². The summed E-state index contributed by atoms with van der Waals surface area (Å²) in [4.78, 5) is 46.6. The predicted molar refractivity (Wildman–Crippen MR) is 149 cm³/mol. The first kappa shape index (κ1) is 37.5. The summed E-state index contributed by atoms with van der Waals surface area (Å²) in [5.41, 5.74) is 0. The van der Waals surface area contributed by atoms with Gasteiger partial charge in [0.25, 0.3) is 11.8 Å². The van der Waals surface area contributed by atoms with Crippen LogP contribution in [0.4, 0.5) is 0 Å². The fraction of sp³-hybridized carbons (Fsp3) is 0.778. The van der Waals surface area contributed by atoms with Crippen molar-refractivity contribution in [1.82, 2.24) is 15.5 Å². The van der Waals surface area contributed by atoms with Gasteiger partial charge in [0.15, 0.2) is 0 Å². The van der Waals surface area contributed by atoms with Crippen molar-refractivity contribution in [2.24, 2.45) is 0 Å². The molecule has 1 heterocycles. The Balaban J connectivity index is 1.68. The van der Waals surface area contributed by atoms with Gasteiger partial charge in [0, 0.05) is 45.1 Å². The van der Waals surface area contributed by atoms with Gasteiger partial charge in [-0.15, -0.1) is 0 Å². The third-order valence-corrected chi connectivity index (χ3v) is 5.39. The molecule has 0 saturated carbocycles. The van der Waals surface area contributed by atoms with Gasteiger partial charge in [0.05, 0.1) is 106 Å². The fourth-order valence-corrected chi connectivity index (χ4v) is 3.15. The summed E-state index contributed by atoms with van der Waals surface area (Å²) < 4.78 is 43.1. The van der Waals surface area contributed by atoms with Gasteiger partial charge >= 0.3 is 0 Å². The molecule has 0 fully saturated rings. The lowest BCUT2D eigenvalue weighted by Crippen LogP contribution is -2.35. The van der Waals surface area contributed by atoms with Crippen LogP contribution in [0.5, 0.6) is 0 Å². The maximum absolute atomic E-state index is 11.8. The zero-order valence-corrected chi connectivity index (χ0v) is 24.6. The maximum Gasteiger partial charge on any atom is 0.253 e. The number of hydrogen-bond donors (Lipinski definition) is 2. The summed E-state index contributed by atoms with van der Waals surface area (Å²) in [5, 5.41) is 5.20. The molecule has 0 radical (unpaired) electrons. The molecule has 42 heavy (non-hydrogen) atoms. The summed E-state index contributed by atoms with van der Waals surface area (Å²) in [6.45, 7) is 7.42. The molecule has 0 bridgehead atoms. The Labute approximate surface area is 247 Å². The van der Waals surface area contributed by atoms with Crippen LogP contribution in [0.25, 0.3) is 0 Å². The molecule has 0 aromatic carbocycles. The number of carbonyl (C=O) groups is 4. The Morgan fingerprint density at radius 1 is 0.548 bits per heavy atom. The number of amides is 4. The highest BCUT2D eigenvalue weighted by atomic mass is 16.6. The van der Waals surface area contributed by atoms with E-state index in [1.807, 2.05) is 0 Å². The minimum atomic E-state index is -0.398. The molecule has 1 rings (SSSR count). The highest BCUT2D eigenvalue weighted by Crippen LogP contribution is 2.03. The van der Waals surface area contributed by atoms with E-state index in [1.54, 1.807) is 7.05 Å². The van der Waals surface area contributed by atoms with Gasteiger partial charge in [-0.05, 0) is 0 Å². The average Bonchev–Trinajstić information content (AvgIpc) is 3.31. The number of rotatable bonds is 30. The zero-order valence-electron chi connectivity index (χ0n) is 24.6. The Kier molecular flexibility index (Phi) is 24.4. The van der Waals surface area contributed by atoms with Crippen LogP contribution in [0.3, 0.4) is 0 Å². The van der Waals surface area contributed by atoms with E-state index in [9.17, 15) is 19.2 Å². The van der Waals surface area contributed by atoms with E-state index in [0.717, 1.165) is 4.90 Å². The summed E-state index contributed by atoms with van der Waals surface area (Å²) >= 11 is 0. The second-order valence-corrected chi connectivity index (χ2v) is 8.58. The monoisotopic (exact) mass is 605 g/mol. The van der Waals surface area contributed by atoms with Crippen molar-refractivity contribution in [3.8, 4) is 0 Å². The van der Waals surface area contributed by atoms with Crippen molar-refractivity contribution < 1.29 is 57.1 Å². The molecule has 2 N–H and O–H groups in total. The van der Waals surface area contributed by atoms with Gasteiger partial charge in [-0.1, -0.05) is 0 Å². The molecule has 0 aromatic rings. The molecular weight excluding hydrogens is 558 g/mol. The molecule has 242 valence electrons. The summed E-state index contributed by atoms with van der Waals surface area (Å²) in [6, 6.07) is 0. The third kappa shape index (κ3) is 22.1. The Hall–Kier alpha value is -2.50. The minimum Gasteiger partial charge on any atom is -0.379 e. The fourth-order valence-electron chi connectivity index (χ4n) is 3.15. The zero-order chi connectivity index (χ0) is 30.5. The highest BCUT2D eigenvalue weighted by molar-refractivity contribution is 6.13. The Morgan fingerprint density at radius 3 is 1.29 bits per heavy atom. The van der Waals surface area contributed by atoms with Gasteiger partial charge in [-0.25, -0.2) is 0 Å². The normalized spacial score (nSPS) is 12.8. The topological polar surface area (TPSA) is 169 Å². The van der Waals surface area contributed by atoms with E-state index >= 15 is 0 Å². The average molecular weight is 606 g/mol. The van der Waals surface area contributed by atoms with Crippen LogP contribution in [-0.2, 0) is 57.1 Å². The predicted octanol–water partition coefficient (Wildman–Crippen LogP) is -1.31. The SMILES string of the molecule is CNC(=O)CCOCCOCCOCCOCCOCCOCCOCCOCCNC(=O)CCN1C(=O)C=CC1=O. The lowest BCUT2D eigenvalue weighted by molar-refractivity contribution is -0.137. The number of carbonyl (C=O) groups excluding carboxylic acids is 4. The van der Waals surface area contributed by atoms with Gasteiger partial charge in [0.1, 0.15) is 0 Å². The van der Waals surface area contributed by atoms with E-state index in [1.165, 1.54) is 12.2 Å². The molecule has 4 amide bonds. The molecule has 1 aliphatic heterocycles. The second-order valence-electron chi connectivity index (χ2n) is 8.58. The third-order valence-electron chi connectivity index (χ3n) is 5.39. The number of imide groups is 1. The lowest BCUT2D eigenvalue weighted by atomic mass is 10.3. The number of ether oxygens (including phenoxy) is 8. The van der Waals surface area contributed by atoms with E-state index in [4.69, 9.17) is 37.9 Å². The van der Waals surface area contributed by atoms with E-state index in [2.05, 4.69) is 10.6 Å². The first-order valence-electron chi connectivity index (χ1n) is 14.2. The first-order valence-corrected chi connectivity index (χ1v) is 14.2. The molecule has 0 aromatic heterocycles. The molecule has 1 aliphatic rings. The smallest absolute Gasteiger partial charge is 0.253 e. The molecular formula is C27H47N3O12. The summed E-state index contributed by atoms with van der Waals surface area (Å²) in [5.74, 6) is -1.10. The molecule has 15 heteroatoms. The van der Waals surface area contributed by atoms with Crippen molar-refractivity contribution in [2.45, 2.75) is 12.8 Å². The quantitative estimate of drug-likeness (QED) is 0.0733. The van der Waals surface area contributed by atoms with E-state index in [0.29, 0.717) is 119 Å². The van der Waals surface area contributed by atoms with Crippen molar-refractivity contribution in [3.63, 3.8) is 0 Å². The minimum absolute atomic E-state index is 0.0457. The van der Waals surface area contributed by atoms with Crippen molar-refractivity contribution in [2.75, 3.05) is 126 Å². The van der Waals surface area contributed by atoms with Crippen LogP contribution in [0, 0.1) is 0 Å². The van der Waals surface area contributed by atoms with Gasteiger partial charge in [0.2, 0.25) is 11.8 Å². The van der Waals surface area contributed by atoms with Crippen LogP contribution in [0.15, 0.2) is 12.2 Å². The summed E-state index contributed by atoms with van der Waals surface area (Å²) in [7, 11) is 1.59. The van der Waals surface area contributed by atoms with Crippen LogP contribution < -0.4 is 10.6 Å². The van der Waals surface area contributed by atoms with Crippen molar-refractivity contribution >= 4 is 23.6 Å². The van der Waals surface area contributed by atoms with Crippen LogP contribution >= 0.6 is 0 Å². The maximum atomic E-state index is 11.8. The standard InChI is InChI=1S/C27H47N3O12/c1-28-24(31)5-8-35-10-12-37-14-16-39-18-20-41-22-23-42-21-19-40-17-15-38-13-11-36-9-6-29-25(32)4-7-30-26(33)2-3-27(30)34/h2-3H,4-23H2,1H3,(H,28,31)(H,29,32).